The first-order valence-electron chi connectivity index (χ1n) is 5.74. The zero-order chi connectivity index (χ0) is 14.2. The van der Waals surface area contributed by atoms with Crippen molar-refractivity contribution in [3.63, 3.8) is 0 Å². The number of allylic oxidation sites excluding steroid dienone is 1. The number of nitrogens with zero attached hydrogens (tertiary/aromatic N) is 1. The highest BCUT2D eigenvalue weighted by molar-refractivity contribution is 9.10. The van der Waals surface area contributed by atoms with E-state index in [4.69, 9.17) is 5.84 Å². The summed E-state index contributed by atoms with van der Waals surface area (Å²) in [5.41, 5.74) is 1.82. The van der Waals surface area contributed by atoms with Gasteiger partial charge in [0.05, 0.1) is 6.04 Å². The van der Waals surface area contributed by atoms with E-state index in [2.05, 4.69) is 21.2 Å². The number of rotatable bonds is 2. The lowest BCUT2D eigenvalue weighted by molar-refractivity contribution is -0.114. The molecule has 1 heterocycles. The summed E-state index contributed by atoms with van der Waals surface area (Å²) in [6.45, 7) is 3.14. The molecule has 0 aromatic heterocycles. The molecule has 19 heavy (non-hydrogen) atoms. The van der Waals surface area contributed by atoms with Gasteiger partial charge in [-0.15, -0.1) is 0 Å². The van der Waals surface area contributed by atoms with Crippen LogP contribution in [0.5, 0.6) is 0 Å². The zero-order valence-corrected chi connectivity index (χ0v) is 12.2. The van der Waals surface area contributed by atoms with Gasteiger partial charge in [0.2, 0.25) is 0 Å². The molecule has 2 rings (SSSR count). The lowest BCUT2D eigenvalue weighted by Crippen LogP contribution is -2.50. The molecule has 5 nitrogen and oxygen atoms in total. The van der Waals surface area contributed by atoms with Gasteiger partial charge in [0.1, 0.15) is 0 Å². The molecule has 0 saturated carbocycles. The fourth-order valence-corrected chi connectivity index (χ4v) is 2.38. The average molecular weight is 324 g/mol. The van der Waals surface area contributed by atoms with Gasteiger partial charge >= 0.3 is 6.03 Å². The number of nitrogens with two attached hydrogens (primary N) is 1. The number of carbonyl (C=O) groups excluding carboxylic acids is 2. The van der Waals surface area contributed by atoms with Gasteiger partial charge in [0, 0.05) is 15.7 Å². The van der Waals surface area contributed by atoms with Crippen molar-refractivity contribution in [2.45, 2.75) is 19.9 Å². The molecule has 0 spiro atoms. The SMILES string of the molecule is CC(=O)C1=C(C)N(N)C(=O)N[C@H]1c1ccc(Br)cc1. The van der Waals surface area contributed by atoms with Crippen LogP contribution in [0, 0.1) is 0 Å². The van der Waals surface area contributed by atoms with Gasteiger partial charge in [0.15, 0.2) is 5.78 Å². The second-order valence-corrected chi connectivity index (χ2v) is 5.28. The maximum Gasteiger partial charge on any atom is 0.336 e. The summed E-state index contributed by atoms with van der Waals surface area (Å²) < 4.78 is 0.934. The van der Waals surface area contributed by atoms with Gasteiger partial charge in [0.25, 0.3) is 0 Å². The number of halogens is 1. The third-order valence-corrected chi connectivity index (χ3v) is 3.64. The van der Waals surface area contributed by atoms with Gasteiger partial charge in [-0.3, -0.25) is 4.79 Å². The fourth-order valence-electron chi connectivity index (χ4n) is 2.12. The van der Waals surface area contributed by atoms with Crippen molar-refractivity contribution in [3.05, 3.63) is 45.6 Å². The Morgan fingerprint density at radius 1 is 1.37 bits per heavy atom. The Morgan fingerprint density at radius 2 is 1.95 bits per heavy atom. The fraction of sp³-hybridized carbons (Fsp3) is 0.231. The standard InChI is InChI=1S/C13H14BrN3O2/c1-7-11(8(2)18)12(16-13(19)17(7)15)9-3-5-10(14)6-4-9/h3-6,12H,15H2,1-2H3,(H,16,19)/t12-/m0/s1. The summed E-state index contributed by atoms with van der Waals surface area (Å²) in [4.78, 5) is 23.6. The lowest BCUT2D eigenvalue weighted by Gasteiger charge is -2.32. The van der Waals surface area contributed by atoms with Crippen LogP contribution >= 0.6 is 15.9 Å². The molecule has 0 unspecified atom stereocenters. The second-order valence-electron chi connectivity index (χ2n) is 4.36. The Kier molecular flexibility index (Phi) is 3.73. The second kappa shape index (κ2) is 5.14. The normalized spacial score (nSPS) is 19.5. The molecule has 0 aliphatic carbocycles. The predicted molar refractivity (Wildman–Crippen MR) is 74.8 cm³/mol. The first kappa shape index (κ1) is 13.8. The summed E-state index contributed by atoms with van der Waals surface area (Å²) in [6.07, 6.45) is 0. The van der Waals surface area contributed by atoms with Gasteiger partial charge in [-0.1, -0.05) is 28.1 Å². The zero-order valence-electron chi connectivity index (χ0n) is 10.6. The van der Waals surface area contributed by atoms with Crippen LogP contribution in [0.15, 0.2) is 40.0 Å². The van der Waals surface area contributed by atoms with E-state index in [0.29, 0.717) is 11.3 Å². The van der Waals surface area contributed by atoms with E-state index >= 15 is 0 Å². The van der Waals surface area contributed by atoms with Crippen LogP contribution in [-0.2, 0) is 4.79 Å². The van der Waals surface area contributed by atoms with Crippen molar-refractivity contribution >= 4 is 27.7 Å². The number of hydrogen-bond donors (Lipinski definition) is 2. The van der Waals surface area contributed by atoms with Crippen molar-refractivity contribution in [3.8, 4) is 0 Å². The number of amides is 2. The molecule has 1 aromatic rings. The van der Waals surface area contributed by atoms with E-state index in [1.54, 1.807) is 6.92 Å². The van der Waals surface area contributed by atoms with Gasteiger partial charge in [-0.2, -0.15) is 0 Å². The molecule has 1 aliphatic heterocycles. The van der Waals surface area contributed by atoms with Crippen LogP contribution < -0.4 is 11.2 Å². The highest BCUT2D eigenvalue weighted by Crippen LogP contribution is 2.30. The monoisotopic (exact) mass is 323 g/mol. The number of nitrogens with one attached hydrogen (secondary N) is 1. The largest absolute Gasteiger partial charge is 0.336 e. The molecular weight excluding hydrogens is 310 g/mol. The molecule has 1 aliphatic rings. The third kappa shape index (κ3) is 2.54. The first-order chi connectivity index (χ1) is 8.91. The topological polar surface area (TPSA) is 75.4 Å². The van der Waals surface area contributed by atoms with E-state index in [9.17, 15) is 9.59 Å². The minimum Gasteiger partial charge on any atom is -0.325 e. The maximum atomic E-state index is 11.8. The number of carbonyl (C=O) groups is 2. The number of hydrazine groups is 1. The number of benzene rings is 1. The highest BCUT2D eigenvalue weighted by Gasteiger charge is 2.32. The molecule has 100 valence electrons. The number of ketones is 1. The van der Waals surface area contributed by atoms with E-state index in [0.717, 1.165) is 15.0 Å². The number of Topliss-reactive ketones (excluding diaryl/α,β-unsaturated/α-hetero) is 1. The summed E-state index contributed by atoms with van der Waals surface area (Å²) in [6, 6.07) is 6.56. The number of hydrogen-bond acceptors (Lipinski definition) is 3. The summed E-state index contributed by atoms with van der Waals surface area (Å²) in [7, 11) is 0. The molecule has 0 saturated heterocycles. The van der Waals surface area contributed by atoms with Crippen molar-refractivity contribution in [1.82, 2.24) is 10.3 Å². The van der Waals surface area contributed by atoms with Crippen LogP contribution in [0.2, 0.25) is 0 Å². The van der Waals surface area contributed by atoms with Crippen molar-refractivity contribution in [2.24, 2.45) is 5.84 Å². The van der Waals surface area contributed by atoms with E-state index in [-0.39, 0.29) is 5.78 Å². The van der Waals surface area contributed by atoms with E-state index in [1.165, 1.54) is 6.92 Å². The predicted octanol–water partition coefficient (Wildman–Crippen LogP) is 2.25. The molecule has 2 amide bonds. The van der Waals surface area contributed by atoms with Crippen LogP contribution in [0.3, 0.4) is 0 Å². The van der Waals surface area contributed by atoms with Crippen molar-refractivity contribution < 1.29 is 9.59 Å². The van der Waals surface area contributed by atoms with Gasteiger partial charge in [-0.05, 0) is 31.5 Å². The Morgan fingerprint density at radius 3 is 2.47 bits per heavy atom. The Bertz CT molecular complexity index is 566. The molecule has 6 heteroatoms. The average Bonchev–Trinajstić information content (AvgIpc) is 2.36. The van der Waals surface area contributed by atoms with Gasteiger partial charge < -0.3 is 5.32 Å². The van der Waals surface area contributed by atoms with Crippen LogP contribution in [0.1, 0.15) is 25.5 Å². The first-order valence-corrected chi connectivity index (χ1v) is 6.53. The molecular formula is C13H14BrN3O2. The molecule has 0 fully saturated rings. The molecule has 1 atom stereocenters. The molecule has 0 radical (unpaired) electrons. The number of urea groups is 1. The van der Waals surface area contributed by atoms with Crippen LogP contribution in [0.4, 0.5) is 4.79 Å². The van der Waals surface area contributed by atoms with E-state index in [1.807, 2.05) is 24.3 Å². The molecule has 0 bridgehead atoms. The summed E-state index contributed by atoms with van der Waals surface area (Å²) in [5.74, 6) is 5.51. The quantitative estimate of drug-likeness (QED) is 0.647. The third-order valence-electron chi connectivity index (χ3n) is 3.11. The summed E-state index contributed by atoms with van der Waals surface area (Å²) >= 11 is 3.35. The van der Waals surface area contributed by atoms with E-state index < -0.39 is 12.1 Å². The lowest BCUT2D eigenvalue weighted by atomic mass is 9.93. The van der Waals surface area contributed by atoms with Gasteiger partial charge in [-0.25, -0.2) is 15.6 Å². The summed E-state index contributed by atoms with van der Waals surface area (Å²) in [5, 5.41) is 3.70. The maximum absolute atomic E-state index is 11.8. The molecule has 3 N–H and O–H groups in total. The molecule has 1 aromatic carbocycles. The van der Waals surface area contributed by atoms with Crippen molar-refractivity contribution in [1.29, 1.82) is 0 Å². The minimum atomic E-state index is -0.460. The van der Waals surface area contributed by atoms with Crippen LogP contribution in [-0.4, -0.2) is 16.8 Å². The Labute approximate surface area is 119 Å². The Balaban J connectivity index is 2.51. The van der Waals surface area contributed by atoms with Crippen LogP contribution in [0.25, 0.3) is 0 Å². The highest BCUT2D eigenvalue weighted by atomic mass is 79.9. The Hall–Kier alpha value is -1.66. The smallest absolute Gasteiger partial charge is 0.325 e. The minimum absolute atomic E-state index is 0.110. The van der Waals surface area contributed by atoms with Crippen molar-refractivity contribution in [2.75, 3.05) is 0 Å².